The lowest BCUT2D eigenvalue weighted by molar-refractivity contribution is 0.0174. The van der Waals surface area contributed by atoms with Crippen molar-refractivity contribution in [3.63, 3.8) is 0 Å². The third kappa shape index (κ3) is 2.05. The van der Waals surface area contributed by atoms with Crippen molar-refractivity contribution in [1.29, 1.82) is 0 Å². The van der Waals surface area contributed by atoms with Gasteiger partial charge in [0.25, 0.3) is 0 Å². The molecule has 3 rings (SSSR count). The Kier molecular flexibility index (Phi) is 2.88. The van der Waals surface area contributed by atoms with Crippen molar-refractivity contribution < 1.29 is 9.50 Å². The Morgan fingerprint density at radius 3 is 2.79 bits per heavy atom. The zero-order valence-corrected chi connectivity index (χ0v) is 10.7. The van der Waals surface area contributed by atoms with Gasteiger partial charge in [0.1, 0.15) is 11.4 Å². The molecular formula is C16H16FNO. The standard InChI is InChI=1S/C16H16FNO/c1-16(19,12-6-4-7-13(17)9-12)15-14-8-3-2-5-11(14)10-18-15/h2-9,15,18-19H,10H2,1H3. The Bertz CT molecular complexity index is 609. The largest absolute Gasteiger partial charge is 0.383 e. The molecule has 0 aliphatic carbocycles. The average Bonchev–Trinajstić information content (AvgIpc) is 2.83. The van der Waals surface area contributed by atoms with Gasteiger partial charge in [-0.3, -0.25) is 0 Å². The molecule has 98 valence electrons. The molecule has 0 saturated heterocycles. The molecule has 2 nitrogen and oxygen atoms in total. The van der Waals surface area contributed by atoms with Gasteiger partial charge in [0.05, 0.1) is 6.04 Å². The molecule has 2 aromatic rings. The molecule has 0 saturated carbocycles. The van der Waals surface area contributed by atoms with Crippen molar-refractivity contribution in [2.45, 2.75) is 25.1 Å². The van der Waals surface area contributed by atoms with E-state index in [0.29, 0.717) is 5.56 Å². The predicted octanol–water partition coefficient (Wildman–Crippen LogP) is 2.88. The quantitative estimate of drug-likeness (QED) is 0.867. The number of rotatable bonds is 2. The minimum absolute atomic E-state index is 0.217. The molecule has 0 amide bonds. The number of hydrogen-bond acceptors (Lipinski definition) is 2. The molecule has 0 aromatic heterocycles. The first-order chi connectivity index (χ1) is 9.09. The molecule has 0 spiro atoms. The summed E-state index contributed by atoms with van der Waals surface area (Å²) >= 11 is 0. The highest BCUT2D eigenvalue weighted by atomic mass is 19.1. The van der Waals surface area contributed by atoms with Crippen LogP contribution in [0.4, 0.5) is 4.39 Å². The highest BCUT2D eigenvalue weighted by Gasteiger charge is 2.38. The lowest BCUT2D eigenvalue weighted by Gasteiger charge is -2.31. The van der Waals surface area contributed by atoms with Gasteiger partial charge in [-0.1, -0.05) is 36.4 Å². The van der Waals surface area contributed by atoms with E-state index in [4.69, 9.17) is 0 Å². The molecule has 2 atom stereocenters. The molecule has 2 aromatic carbocycles. The fraction of sp³-hybridized carbons (Fsp3) is 0.250. The highest BCUT2D eigenvalue weighted by molar-refractivity contribution is 5.38. The molecule has 0 fully saturated rings. The van der Waals surface area contributed by atoms with Crippen molar-refractivity contribution in [3.8, 4) is 0 Å². The summed E-state index contributed by atoms with van der Waals surface area (Å²) < 4.78 is 13.3. The van der Waals surface area contributed by atoms with Crippen LogP contribution in [-0.2, 0) is 12.1 Å². The zero-order chi connectivity index (χ0) is 13.5. The van der Waals surface area contributed by atoms with Gasteiger partial charge >= 0.3 is 0 Å². The third-order valence-electron chi connectivity index (χ3n) is 3.83. The lowest BCUT2D eigenvalue weighted by Crippen LogP contribution is -2.35. The highest BCUT2D eigenvalue weighted by Crippen LogP contribution is 2.39. The van der Waals surface area contributed by atoms with E-state index < -0.39 is 5.60 Å². The van der Waals surface area contributed by atoms with Crippen LogP contribution < -0.4 is 5.32 Å². The maximum atomic E-state index is 13.3. The number of hydrogen-bond donors (Lipinski definition) is 2. The van der Waals surface area contributed by atoms with E-state index in [1.807, 2.05) is 24.3 Å². The molecular weight excluding hydrogens is 241 g/mol. The van der Waals surface area contributed by atoms with Gasteiger partial charge < -0.3 is 10.4 Å². The number of nitrogens with one attached hydrogen (secondary N) is 1. The van der Waals surface area contributed by atoms with E-state index >= 15 is 0 Å². The summed E-state index contributed by atoms with van der Waals surface area (Å²) in [4.78, 5) is 0. The maximum absolute atomic E-state index is 13.3. The topological polar surface area (TPSA) is 32.3 Å². The van der Waals surface area contributed by atoms with Crippen LogP contribution >= 0.6 is 0 Å². The Balaban J connectivity index is 2.02. The van der Waals surface area contributed by atoms with Crippen LogP contribution in [0.5, 0.6) is 0 Å². The van der Waals surface area contributed by atoms with Crippen LogP contribution in [0.3, 0.4) is 0 Å². The van der Waals surface area contributed by atoms with Crippen molar-refractivity contribution in [3.05, 3.63) is 71.0 Å². The van der Waals surface area contributed by atoms with Crippen LogP contribution in [0.25, 0.3) is 0 Å². The summed E-state index contributed by atoms with van der Waals surface area (Å²) in [7, 11) is 0. The predicted molar refractivity (Wildman–Crippen MR) is 72.0 cm³/mol. The molecule has 1 aliphatic heterocycles. The molecule has 1 heterocycles. The summed E-state index contributed by atoms with van der Waals surface area (Å²) in [6, 6.07) is 13.9. The molecule has 3 heteroatoms. The van der Waals surface area contributed by atoms with Gasteiger partial charge in [-0.05, 0) is 35.7 Å². The van der Waals surface area contributed by atoms with E-state index in [-0.39, 0.29) is 11.9 Å². The Morgan fingerprint density at radius 2 is 2.00 bits per heavy atom. The van der Waals surface area contributed by atoms with E-state index in [2.05, 4.69) is 5.32 Å². The van der Waals surface area contributed by atoms with Crippen molar-refractivity contribution in [1.82, 2.24) is 5.32 Å². The molecule has 1 aliphatic rings. The third-order valence-corrected chi connectivity index (χ3v) is 3.83. The second kappa shape index (κ2) is 4.44. The number of fused-ring (bicyclic) bond motifs is 1. The zero-order valence-electron chi connectivity index (χ0n) is 10.7. The van der Waals surface area contributed by atoms with Gasteiger partial charge in [-0.15, -0.1) is 0 Å². The first-order valence-corrected chi connectivity index (χ1v) is 6.38. The molecule has 2 N–H and O–H groups in total. The van der Waals surface area contributed by atoms with Crippen LogP contribution in [0, 0.1) is 5.82 Å². The summed E-state index contributed by atoms with van der Waals surface area (Å²) in [6.45, 7) is 2.45. The van der Waals surface area contributed by atoms with Crippen molar-refractivity contribution >= 4 is 0 Å². The smallest absolute Gasteiger partial charge is 0.123 e. The lowest BCUT2D eigenvalue weighted by atomic mass is 9.84. The van der Waals surface area contributed by atoms with Gasteiger partial charge in [0, 0.05) is 6.54 Å². The van der Waals surface area contributed by atoms with Crippen molar-refractivity contribution in [2.24, 2.45) is 0 Å². The Labute approximate surface area is 111 Å². The second-order valence-corrected chi connectivity index (χ2v) is 5.17. The van der Waals surface area contributed by atoms with Crippen LogP contribution in [0.1, 0.15) is 29.7 Å². The molecule has 0 bridgehead atoms. The van der Waals surface area contributed by atoms with Crippen LogP contribution in [0.15, 0.2) is 48.5 Å². The van der Waals surface area contributed by atoms with Gasteiger partial charge in [-0.2, -0.15) is 0 Å². The number of halogens is 1. The monoisotopic (exact) mass is 257 g/mol. The van der Waals surface area contributed by atoms with Gasteiger partial charge in [-0.25, -0.2) is 4.39 Å². The van der Waals surface area contributed by atoms with Gasteiger partial charge in [0.15, 0.2) is 0 Å². The van der Waals surface area contributed by atoms with Crippen LogP contribution in [0.2, 0.25) is 0 Å². The normalized spacial score (nSPS) is 20.9. The minimum atomic E-state index is -1.14. The van der Waals surface area contributed by atoms with E-state index in [1.54, 1.807) is 19.1 Å². The average molecular weight is 257 g/mol. The minimum Gasteiger partial charge on any atom is -0.383 e. The van der Waals surface area contributed by atoms with E-state index in [1.165, 1.54) is 17.7 Å². The number of benzene rings is 2. The Morgan fingerprint density at radius 1 is 1.21 bits per heavy atom. The van der Waals surface area contributed by atoms with Gasteiger partial charge in [0.2, 0.25) is 0 Å². The second-order valence-electron chi connectivity index (χ2n) is 5.17. The SMILES string of the molecule is CC(O)(c1cccc(F)c1)C1NCc2ccccc21. The number of aliphatic hydroxyl groups is 1. The van der Waals surface area contributed by atoms with Crippen LogP contribution in [-0.4, -0.2) is 5.11 Å². The van der Waals surface area contributed by atoms with Crippen molar-refractivity contribution in [2.75, 3.05) is 0 Å². The molecule has 19 heavy (non-hydrogen) atoms. The fourth-order valence-electron chi connectivity index (χ4n) is 2.77. The summed E-state index contributed by atoms with van der Waals surface area (Å²) in [5, 5.41) is 14.1. The maximum Gasteiger partial charge on any atom is 0.123 e. The first kappa shape index (κ1) is 12.3. The van der Waals surface area contributed by atoms with E-state index in [0.717, 1.165) is 12.1 Å². The summed E-state index contributed by atoms with van der Waals surface area (Å²) in [6.07, 6.45) is 0. The Hall–Kier alpha value is -1.71. The van der Waals surface area contributed by atoms with E-state index in [9.17, 15) is 9.50 Å². The molecule has 2 unspecified atom stereocenters. The molecule has 0 radical (unpaired) electrons. The summed E-state index contributed by atoms with van der Waals surface area (Å²) in [5.41, 5.74) is 1.71. The summed E-state index contributed by atoms with van der Waals surface area (Å²) in [5.74, 6) is -0.330. The fourth-order valence-corrected chi connectivity index (χ4v) is 2.77. The first-order valence-electron chi connectivity index (χ1n) is 6.38.